The molecule has 2 aromatic rings. The van der Waals surface area contributed by atoms with Crippen molar-refractivity contribution in [3.63, 3.8) is 0 Å². The van der Waals surface area contributed by atoms with E-state index in [4.69, 9.17) is 9.52 Å². The average molecular weight is 226 g/mol. The van der Waals surface area contributed by atoms with Crippen LogP contribution in [0.3, 0.4) is 0 Å². The van der Waals surface area contributed by atoms with Crippen molar-refractivity contribution in [1.82, 2.24) is 0 Å². The summed E-state index contributed by atoms with van der Waals surface area (Å²) in [6.07, 6.45) is -2.74. The molecule has 0 atom stereocenters. The maximum atomic E-state index is 12.6. The van der Waals surface area contributed by atoms with Gasteiger partial charge in [0.2, 0.25) is 0 Å². The van der Waals surface area contributed by atoms with Gasteiger partial charge in [0.1, 0.15) is 11.1 Å². The van der Waals surface area contributed by atoms with E-state index >= 15 is 0 Å². The van der Waals surface area contributed by atoms with Crippen molar-refractivity contribution in [3.05, 3.63) is 35.1 Å². The number of carboxylic acids is 1. The zero-order valence-electron chi connectivity index (χ0n) is 8.33. The number of carbonyl (C=O) groups is 1. The van der Waals surface area contributed by atoms with Crippen molar-refractivity contribution in [2.75, 3.05) is 0 Å². The van der Waals surface area contributed by atoms with E-state index in [1.165, 1.54) is 19.1 Å². The molecule has 0 saturated carbocycles. The maximum absolute atomic E-state index is 12.6. The summed E-state index contributed by atoms with van der Waals surface area (Å²) in [5.74, 6) is -1.66. The largest absolute Gasteiger partial charge is 0.478 e. The summed E-state index contributed by atoms with van der Waals surface area (Å²) < 4.78 is 30.0. The van der Waals surface area contributed by atoms with Crippen molar-refractivity contribution in [3.8, 4) is 0 Å². The zero-order chi connectivity index (χ0) is 11.9. The highest BCUT2D eigenvalue weighted by atomic mass is 19.3. The van der Waals surface area contributed by atoms with Crippen molar-refractivity contribution in [1.29, 1.82) is 0 Å². The summed E-state index contributed by atoms with van der Waals surface area (Å²) >= 11 is 0. The zero-order valence-corrected chi connectivity index (χ0v) is 8.33. The molecule has 0 aliphatic rings. The molecule has 84 valence electrons. The smallest absolute Gasteiger partial charge is 0.339 e. The molecule has 0 unspecified atom stereocenters. The Morgan fingerprint density at radius 1 is 1.44 bits per heavy atom. The van der Waals surface area contributed by atoms with Gasteiger partial charge in [-0.25, -0.2) is 13.6 Å². The SMILES string of the molecule is Cc1c(C(F)F)oc2c(C(=O)O)cccc12. The second-order valence-electron chi connectivity index (χ2n) is 3.38. The summed E-state index contributed by atoms with van der Waals surface area (Å²) in [7, 11) is 0. The third kappa shape index (κ3) is 1.44. The van der Waals surface area contributed by atoms with Gasteiger partial charge in [0, 0.05) is 10.9 Å². The molecule has 0 radical (unpaired) electrons. The molecule has 1 heterocycles. The fourth-order valence-electron chi connectivity index (χ4n) is 1.64. The van der Waals surface area contributed by atoms with Gasteiger partial charge in [0.15, 0.2) is 5.76 Å². The van der Waals surface area contributed by atoms with Gasteiger partial charge in [-0.3, -0.25) is 0 Å². The molecule has 0 bridgehead atoms. The van der Waals surface area contributed by atoms with Crippen LogP contribution in [0.25, 0.3) is 11.0 Å². The van der Waals surface area contributed by atoms with Gasteiger partial charge < -0.3 is 9.52 Å². The maximum Gasteiger partial charge on any atom is 0.339 e. The monoisotopic (exact) mass is 226 g/mol. The summed E-state index contributed by atoms with van der Waals surface area (Å²) in [5, 5.41) is 9.29. The highest BCUT2D eigenvalue weighted by Crippen LogP contribution is 2.33. The highest BCUT2D eigenvalue weighted by molar-refractivity contribution is 6.02. The van der Waals surface area contributed by atoms with Gasteiger partial charge in [-0.05, 0) is 13.0 Å². The van der Waals surface area contributed by atoms with Crippen LogP contribution in [0.2, 0.25) is 0 Å². The Labute approximate surface area is 89.3 Å². The minimum absolute atomic E-state index is 0.00259. The first-order chi connectivity index (χ1) is 7.52. The van der Waals surface area contributed by atoms with E-state index in [-0.39, 0.29) is 16.7 Å². The van der Waals surface area contributed by atoms with Crippen LogP contribution in [0.15, 0.2) is 22.6 Å². The number of halogens is 2. The number of hydrogen-bond acceptors (Lipinski definition) is 2. The molecule has 1 N–H and O–H groups in total. The van der Waals surface area contributed by atoms with Gasteiger partial charge in [0.25, 0.3) is 6.43 Å². The van der Waals surface area contributed by atoms with Crippen LogP contribution in [-0.2, 0) is 0 Å². The van der Waals surface area contributed by atoms with Crippen molar-refractivity contribution < 1.29 is 23.1 Å². The lowest BCUT2D eigenvalue weighted by Crippen LogP contribution is -1.95. The first-order valence-electron chi connectivity index (χ1n) is 4.56. The van der Waals surface area contributed by atoms with E-state index < -0.39 is 18.2 Å². The number of aryl methyl sites for hydroxylation is 1. The van der Waals surface area contributed by atoms with Crippen molar-refractivity contribution in [2.45, 2.75) is 13.3 Å². The molecular formula is C11H8F2O3. The number of aromatic carboxylic acids is 1. The molecular weight excluding hydrogens is 218 g/mol. The quantitative estimate of drug-likeness (QED) is 0.853. The van der Waals surface area contributed by atoms with Gasteiger partial charge in [-0.2, -0.15) is 0 Å². The standard InChI is InChI=1S/C11H8F2O3/c1-5-6-3-2-4-7(11(14)15)9(6)16-8(5)10(12)13/h2-4,10H,1H3,(H,14,15). The third-order valence-corrected chi connectivity index (χ3v) is 2.43. The van der Waals surface area contributed by atoms with Gasteiger partial charge in [0.05, 0.1) is 0 Å². The number of benzene rings is 1. The predicted octanol–water partition coefficient (Wildman–Crippen LogP) is 3.38. The minimum atomic E-state index is -2.74. The Bertz CT molecular complexity index is 558. The fourth-order valence-corrected chi connectivity index (χ4v) is 1.64. The second kappa shape index (κ2) is 3.59. The number of rotatable bonds is 2. The average Bonchev–Trinajstić information content (AvgIpc) is 2.56. The van der Waals surface area contributed by atoms with Crippen molar-refractivity contribution >= 4 is 16.9 Å². The summed E-state index contributed by atoms with van der Waals surface area (Å²) in [4.78, 5) is 10.9. The molecule has 0 saturated heterocycles. The number of carboxylic acid groups (broad SMARTS) is 1. The van der Waals surface area contributed by atoms with E-state index in [9.17, 15) is 13.6 Å². The van der Waals surface area contributed by atoms with E-state index in [0.29, 0.717) is 5.39 Å². The predicted molar refractivity (Wildman–Crippen MR) is 52.9 cm³/mol. The fraction of sp³-hybridized carbons (Fsp3) is 0.182. The van der Waals surface area contributed by atoms with Gasteiger partial charge >= 0.3 is 5.97 Å². The molecule has 0 fully saturated rings. The minimum Gasteiger partial charge on any atom is -0.478 e. The first-order valence-corrected chi connectivity index (χ1v) is 4.56. The summed E-state index contributed by atoms with van der Waals surface area (Å²) in [5.41, 5.74) is 0.184. The lowest BCUT2D eigenvalue weighted by Gasteiger charge is -1.94. The number of furan rings is 1. The second-order valence-corrected chi connectivity index (χ2v) is 3.38. The molecule has 1 aromatic heterocycles. The Morgan fingerprint density at radius 2 is 2.12 bits per heavy atom. The normalized spacial score (nSPS) is 11.2. The number of hydrogen-bond donors (Lipinski definition) is 1. The molecule has 0 aliphatic heterocycles. The lowest BCUT2D eigenvalue weighted by atomic mass is 10.1. The molecule has 0 amide bonds. The van der Waals surface area contributed by atoms with Crippen LogP contribution in [0.4, 0.5) is 8.78 Å². The third-order valence-electron chi connectivity index (χ3n) is 2.43. The molecule has 1 aromatic carbocycles. The molecule has 2 rings (SSSR count). The Balaban J connectivity index is 2.80. The lowest BCUT2D eigenvalue weighted by molar-refractivity contribution is 0.0696. The first kappa shape index (κ1) is 10.6. The topological polar surface area (TPSA) is 50.4 Å². The molecule has 3 nitrogen and oxygen atoms in total. The molecule has 5 heteroatoms. The van der Waals surface area contributed by atoms with Crippen LogP contribution in [0.1, 0.15) is 28.1 Å². The van der Waals surface area contributed by atoms with Crippen LogP contribution < -0.4 is 0 Å². The number of fused-ring (bicyclic) bond motifs is 1. The Morgan fingerprint density at radius 3 is 2.69 bits per heavy atom. The number of alkyl halides is 2. The Kier molecular flexibility index (Phi) is 2.38. The van der Waals surface area contributed by atoms with Gasteiger partial charge in [-0.15, -0.1) is 0 Å². The van der Waals surface area contributed by atoms with Gasteiger partial charge in [-0.1, -0.05) is 12.1 Å². The van der Waals surface area contributed by atoms with Crippen molar-refractivity contribution in [2.24, 2.45) is 0 Å². The molecule has 0 aliphatic carbocycles. The highest BCUT2D eigenvalue weighted by Gasteiger charge is 2.21. The van der Waals surface area contributed by atoms with E-state index in [1.54, 1.807) is 6.07 Å². The summed E-state index contributed by atoms with van der Waals surface area (Å²) in [6, 6.07) is 4.39. The molecule has 16 heavy (non-hydrogen) atoms. The Hall–Kier alpha value is -1.91. The van der Waals surface area contributed by atoms with E-state index in [2.05, 4.69) is 0 Å². The molecule has 0 spiro atoms. The number of para-hydroxylation sites is 1. The van der Waals surface area contributed by atoms with Crippen LogP contribution >= 0.6 is 0 Å². The van der Waals surface area contributed by atoms with Crippen LogP contribution in [0, 0.1) is 6.92 Å². The van der Waals surface area contributed by atoms with Crippen LogP contribution in [-0.4, -0.2) is 11.1 Å². The van der Waals surface area contributed by atoms with E-state index in [1.807, 2.05) is 0 Å². The van der Waals surface area contributed by atoms with Crippen LogP contribution in [0.5, 0.6) is 0 Å². The van der Waals surface area contributed by atoms with E-state index in [0.717, 1.165) is 0 Å². The summed E-state index contributed by atoms with van der Waals surface area (Å²) in [6.45, 7) is 1.49.